The lowest BCUT2D eigenvalue weighted by atomic mass is 10.1. The summed E-state index contributed by atoms with van der Waals surface area (Å²) >= 11 is 0. The van der Waals surface area contributed by atoms with Crippen LogP contribution in [0.1, 0.15) is 23.1 Å². The number of nitrogens with one attached hydrogen (secondary N) is 3. The summed E-state index contributed by atoms with van der Waals surface area (Å²) in [5.41, 5.74) is 2.65. The Morgan fingerprint density at radius 1 is 1.00 bits per heavy atom. The lowest BCUT2D eigenvalue weighted by Gasteiger charge is -2.12. The van der Waals surface area contributed by atoms with Gasteiger partial charge in [-0.2, -0.15) is 0 Å². The SMILES string of the molecule is CN=C(NCCC(=O)NCc1ccccc1)NCc1ccc(F)c(C)c1. The maximum Gasteiger partial charge on any atom is 0.222 e. The zero-order chi connectivity index (χ0) is 18.8. The van der Waals surface area contributed by atoms with Crippen LogP contribution in [0.25, 0.3) is 0 Å². The summed E-state index contributed by atoms with van der Waals surface area (Å²) in [6.07, 6.45) is 0.350. The number of guanidine groups is 1. The number of aryl methyl sites for hydroxylation is 1. The number of carbonyl (C=O) groups excluding carboxylic acids is 1. The molecule has 3 N–H and O–H groups in total. The standard InChI is InChI=1S/C20H25FN4O/c1-15-12-17(8-9-18(15)21)14-25-20(22-2)23-11-10-19(26)24-13-16-6-4-3-5-7-16/h3-9,12H,10-11,13-14H2,1-2H3,(H,24,26)(H2,22,23,25). The fraction of sp³-hybridized carbons (Fsp3) is 0.300. The third-order valence-electron chi connectivity index (χ3n) is 3.88. The molecule has 0 fully saturated rings. The van der Waals surface area contributed by atoms with Gasteiger partial charge in [-0.05, 0) is 29.7 Å². The number of rotatable bonds is 7. The van der Waals surface area contributed by atoms with Crippen molar-refractivity contribution in [3.8, 4) is 0 Å². The van der Waals surface area contributed by atoms with Gasteiger partial charge in [-0.1, -0.05) is 42.5 Å². The first-order valence-corrected chi connectivity index (χ1v) is 8.58. The first-order chi connectivity index (χ1) is 12.6. The van der Waals surface area contributed by atoms with Crippen LogP contribution >= 0.6 is 0 Å². The molecule has 2 aromatic rings. The fourth-order valence-electron chi connectivity index (χ4n) is 2.40. The van der Waals surface area contributed by atoms with Gasteiger partial charge in [0.1, 0.15) is 5.82 Å². The van der Waals surface area contributed by atoms with Crippen molar-refractivity contribution >= 4 is 11.9 Å². The van der Waals surface area contributed by atoms with Crippen molar-refractivity contribution in [2.45, 2.75) is 26.4 Å². The fourth-order valence-corrected chi connectivity index (χ4v) is 2.40. The molecule has 0 aliphatic rings. The van der Waals surface area contributed by atoms with Gasteiger partial charge in [0, 0.05) is 33.1 Å². The van der Waals surface area contributed by atoms with Crippen molar-refractivity contribution in [2.75, 3.05) is 13.6 Å². The lowest BCUT2D eigenvalue weighted by molar-refractivity contribution is -0.121. The molecular weight excluding hydrogens is 331 g/mol. The largest absolute Gasteiger partial charge is 0.356 e. The predicted molar refractivity (Wildman–Crippen MR) is 102 cm³/mol. The zero-order valence-corrected chi connectivity index (χ0v) is 15.2. The van der Waals surface area contributed by atoms with E-state index in [0.29, 0.717) is 37.6 Å². The maximum atomic E-state index is 13.3. The van der Waals surface area contributed by atoms with E-state index >= 15 is 0 Å². The molecule has 0 aromatic heterocycles. The van der Waals surface area contributed by atoms with E-state index in [1.54, 1.807) is 26.1 Å². The Hall–Kier alpha value is -2.89. The van der Waals surface area contributed by atoms with Gasteiger partial charge in [-0.15, -0.1) is 0 Å². The highest BCUT2D eigenvalue weighted by atomic mass is 19.1. The van der Waals surface area contributed by atoms with Crippen molar-refractivity contribution < 1.29 is 9.18 Å². The van der Waals surface area contributed by atoms with Gasteiger partial charge >= 0.3 is 0 Å². The van der Waals surface area contributed by atoms with Crippen LogP contribution in [0, 0.1) is 12.7 Å². The van der Waals surface area contributed by atoms with Gasteiger partial charge in [-0.3, -0.25) is 9.79 Å². The van der Waals surface area contributed by atoms with Crippen molar-refractivity contribution in [1.82, 2.24) is 16.0 Å². The van der Waals surface area contributed by atoms with Crippen LogP contribution in [0.3, 0.4) is 0 Å². The Bertz CT molecular complexity index is 747. The Balaban J connectivity index is 1.68. The van der Waals surface area contributed by atoms with E-state index in [2.05, 4.69) is 20.9 Å². The first kappa shape index (κ1) is 19.4. The number of nitrogens with zero attached hydrogens (tertiary/aromatic N) is 1. The molecule has 0 aliphatic carbocycles. The van der Waals surface area contributed by atoms with E-state index in [0.717, 1.165) is 11.1 Å². The molecule has 0 aliphatic heterocycles. The van der Waals surface area contributed by atoms with Gasteiger partial charge in [0.25, 0.3) is 0 Å². The minimum atomic E-state index is -0.210. The van der Waals surface area contributed by atoms with Crippen molar-refractivity contribution in [3.63, 3.8) is 0 Å². The zero-order valence-electron chi connectivity index (χ0n) is 15.2. The molecule has 2 aromatic carbocycles. The van der Waals surface area contributed by atoms with Gasteiger partial charge in [0.15, 0.2) is 5.96 Å². The van der Waals surface area contributed by atoms with Gasteiger partial charge < -0.3 is 16.0 Å². The average molecular weight is 356 g/mol. The van der Waals surface area contributed by atoms with E-state index < -0.39 is 0 Å². The van der Waals surface area contributed by atoms with E-state index in [-0.39, 0.29) is 11.7 Å². The number of hydrogen-bond donors (Lipinski definition) is 3. The number of halogens is 1. The molecule has 6 heteroatoms. The summed E-state index contributed by atoms with van der Waals surface area (Å²) in [5.74, 6) is 0.367. The second kappa shape index (κ2) is 10.2. The number of benzene rings is 2. The summed E-state index contributed by atoms with van der Waals surface area (Å²) in [6, 6.07) is 14.8. The van der Waals surface area contributed by atoms with Gasteiger partial charge in [0.05, 0.1) is 0 Å². The molecule has 0 saturated heterocycles. The van der Waals surface area contributed by atoms with E-state index in [4.69, 9.17) is 0 Å². The van der Waals surface area contributed by atoms with Crippen LogP contribution in [0.2, 0.25) is 0 Å². The Morgan fingerprint density at radius 2 is 1.73 bits per heavy atom. The number of amides is 1. The first-order valence-electron chi connectivity index (χ1n) is 8.58. The average Bonchev–Trinajstić information content (AvgIpc) is 2.66. The van der Waals surface area contributed by atoms with Gasteiger partial charge in [-0.25, -0.2) is 4.39 Å². The Labute approximate surface area is 153 Å². The molecule has 2 rings (SSSR count). The van der Waals surface area contributed by atoms with Crippen molar-refractivity contribution in [2.24, 2.45) is 4.99 Å². The van der Waals surface area contributed by atoms with Crippen LogP contribution in [0.5, 0.6) is 0 Å². The third kappa shape index (κ3) is 6.55. The summed E-state index contributed by atoms with van der Waals surface area (Å²) in [6.45, 7) is 3.26. The molecule has 1 amide bonds. The second-order valence-electron chi connectivity index (χ2n) is 5.95. The smallest absolute Gasteiger partial charge is 0.222 e. The number of hydrogen-bond acceptors (Lipinski definition) is 2. The van der Waals surface area contributed by atoms with E-state index in [9.17, 15) is 9.18 Å². The van der Waals surface area contributed by atoms with Crippen molar-refractivity contribution in [3.05, 3.63) is 71.0 Å². The van der Waals surface area contributed by atoms with Crippen LogP contribution in [0.4, 0.5) is 4.39 Å². The molecular formula is C20H25FN4O. The predicted octanol–water partition coefficient (Wildman–Crippen LogP) is 2.51. The minimum absolute atomic E-state index is 0.0223. The van der Waals surface area contributed by atoms with Crippen LogP contribution in [0.15, 0.2) is 53.5 Å². The van der Waals surface area contributed by atoms with E-state index in [1.165, 1.54) is 6.07 Å². The highest BCUT2D eigenvalue weighted by molar-refractivity contribution is 5.81. The molecule has 0 atom stereocenters. The molecule has 0 saturated carbocycles. The summed E-state index contributed by atoms with van der Waals surface area (Å²) in [4.78, 5) is 16.0. The highest BCUT2D eigenvalue weighted by Gasteiger charge is 2.04. The van der Waals surface area contributed by atoms with E-state index in [1.807, 2.05) is 30.3 Å². The summed E-state index contributed by atoms with van der Waals surface area (Å²) < 4.78 is 13.3. The summed E-state index contributed by atoms with van der Waals surface area (Å²) in [5, 5.41) is 9.13. The number of carbonyl (C=O) groups is 1. The maximum absolute atomic E-state index is 13.3. The molecule has 138 valence electrons. The second-order valence-corrected chi connectivity index (χ2v) is 5.95. The van der Waals surface area contributed by atoms with Crippen LogP contribution < -0.4 is 16.0 Å². The Kier molecular flexibility index (Phi) is 7.61. The minimum Gasteiger partial charge on any atom is -0.356 e. The highest BCUT2D eigenvalue weighted by Crippen LogP contribution is 2.08. The van der Waals surface area contributed by atoms with Gasteiger partial charge in [0.2, 0.25) is 5.91 Å². The third-order valence-corrected chi connectivity index (χ3v) is 3.88. The molecule has 0 unspecified atom stereocenters. The quantitative estimate of drug-likeness (QED) is 0.528. The molecule has 0 bridgehead atoms. The van der Waals surface area contributed by atoms with Crippen LogP contribution in [-0.4, -0.2) is 25.5 Å². The monoisotopic (exact) mass is 356 g/mol. The normalized spacial score (nSPS) is 11.1. The lowest BCUT2D eigenvalue weighted by Crippen LogP contribution is -2.38. The number of aliphatic imine (C=N–C) groups is 1. The molecule has 0 radical (unpaired) electrons. The van der Waals surface area contributed by atoms with Crippen LogP contribution in [-0.2, 0) is 17.9 Å². The Morgan fingerprint density at radius 3 is 2.42 bits per heavy atom. The summed E-state index contributed by atoms with van der Waals surface area (Å²) in [7, 11) is 1.67. The topological polar surface area (TPSA) is 65.5 Å². The molecule has 26 heavy (non-hydrogen) atoms. The molecule has 0 spiro atoms. The molecule has 5 nitrogen and oxygen atoms in total. The van der Waals surface area contributed by atoms with Crippen molar-refractivity contribution in [1.29, 1.82) is 0 Å². The molecule has 0 heterocycles.